The fourth-order valence-corrected chi connectivity index (χ4v) is 3.80. The van der Waals surface area contributed by atoms with Crippen molar-refractivity contribution >= 4 is 38.5 Å². The van der Waals surface area contributed by atoms with Crippen LogP contribution in [0.5, 0.6) is 0 Å². The van der Waals surface area contributed by atoms with Gasteiger partial charge in [-0.1, -0.05) is 28.1 Å². The standard InChI is InChI=1S/C23H23BrN2O3/c1-14-5-3-7-20(15(14)2)26-23-19(22(27)25-13-18-6-4-10-28-18)12-16-11-17(24)8-9-21(16)29-23/h3,5,7-9,11-12,18H,4,6,10,13H2,1-2H3,(H,25,27). The number of benzene rings is 2. The lowest BCUT2D eigenvalue weighted by Gasteiger charge is -2.11. The van der Waals surface area contributed by atoms with Gasteiger partial charge in [0.15, 0.2) is 0 Å². The Labute approximate surface area is 177 Å². The second-order valence-corrected chi connectivity index (χ2v) is 8.24. The van der Waals surface area contributed by atoms with E-state index < -0.39 is 0 Å². The minimum absolute atomic E-state index is 0.0740. The number of halogens is 1. The second kappa shape index (κ2) is 8.51. The number of fused-ring (bicyclic) bond motifs is 1. The Morgan fingerprint density at radius 3 is 2.90 bits per heavy atom. The molecular formula is C23H23BrN2O3. The normalized spacial score (nSPS) is 17.1. The summed E-state index contributed by atoms with van der Waals surface area (Å²) in [7, 11) is 0. The van der Waals surface area contributed by atoms with Gasteiger partial charge in [0, 0.05) is 23.0 Å². The average molecular weight is 455 g/mol. The largest absolute Gasteiger partial charge is 0.438 e. The zero-order valence-corrected chi connectivity index (χ0v) is 18.1. The average Bonchev–Trinajstić information content (AvgIpc) is 3.23. The minimum Gasteiger partial charge on any atom is -0.438 e. The highest BCUT2D eigenvalue weighted by Crippen LogP contribution is 2.23. The number of carbonyl (C=O) groups is 1. The molecular weight excluding hydrogens is 432 g/mol. The molecule has 0 saturated carbocycles. The predicted molar refractivity (Wildman–Crippen MR) is 116 cm³/mol. The van der Waals surface area contributed by atoms with Crippen molar-refractivity contribution in [3.05, 3.63) is 69.2 Å². The van der Waals surface area contributed by atoms with Gasteiger partial charge in [-0.2, -0.15) is 0 Å². The van der Waals surface area contributed by atoms with Gasteiger partial charge in [0.25, 0.3) is 5.91 Å². The molecule has 0 radical (unpaired) electrons. The van der Waals surface area contributed by atoms with Crippen LogP contribution in [0.4, 0.5) is 5.69 Å². The van der Waals surface area contributed by atoms with Crippen LogP contribution in [0.15, 0.2) is 56.3 Å². The molecule has 2 heterocycles. The molecule has 0 aliphatic carbocycles. The molecule has 1 fully saturated rings. The van der Waals surface area contributed by atoms with Crippen molar-refractivity contribution in [2.75, 3.05) is 13.2 Å². The molecule has 1 aliphatic heterocycles. The van der Waals surface area contributed by atoms with Crippen LogP contribution in [-0.2, 0) is 4.74 Å². The van der Waals surface area contributed by atoms with Crippen molar-refractivity contribution in [2.24, 2.45) is 4.99 Å². The fourth-order valence-electron chi connectivity index (χ4n) is 3.42. The van der Waals surface area contributed by atoms with Gasteiger partial charge in [0.1, 0.15) is 11.1 Å². The van der Waals surface area contributed by atoms with E-state index in [9.17, 15) is 4.79 Å². The van der Waals surface area contributed by atoms with E-state index in [4.69, 9.17) is 14.1 Å². The molecule has 0 spiro atoms. The molecule has 1 aromatic heterocycles. The topological polar surface area (TPSA) is 63.8 Å². The highest BCUT2D eigenvalue weighted by molar-refractivity contribution is 9.10. The molecule has 5 nitrogen and oxygen atoms in total. The lowest BCUT2D eigenvalue weighted by molar-refractivity contribution is 0.0854. The number of amides is 1. The summed E-state index contributed by atoms with van der Waals surface area (Å²) in [5, 5.41) is 3.81. The third-order valence-corrected chi connectivity index (χ3v) is 5.76. The van der Waals surface area contributed by atoms with Gasteiger partial charge >= 0.3 is 0 Å². The summed E-state index contributed by atoms with van der Waals surface area (Å²) < 4.78 is 12.6. The molecule has 1 atom stereocenters. The Bertz CT molecular complexity index is 1130. The van der Waals surface area contributed by atoms with Crippen LogP contribution in [0.2, 0.25) is 0 Å². The lowest BCUT2D eigenvalue weighted by Crippen LogP contribution is -2.34. The highest BCUT2D eigenvalue weighted by atomic mass is 79.9. The third kappa shape index (κ3) is 4.43. The zero-order valence-electron chi connectivity index (χ0n) is 16.5. The van der Waals surface area contributed by atoms with Gasteiger partial charge in [0.2, 0.25) is 5.55 Å². The number of aryl methyl sites for hydroxylation is 1. The Hall–Kier alpha value is -2.44. The van der Waals surface area contributed by atoms with E-state index in [0.717, 1.165) is 46.1 Å². The van der Waals surface area contributed by atoms with Crippen molar-refractivity contribution in [1.82, 2.24) is 5.32 Å². The van der Waals surface area contributed by atoms with E-state index in [-0.39, 0.29) is 12.0 Å². The van der Waals surface area contributed by atoms with Crippen LogP contribution >= 0.6 is 15.9 Å². The number of hydrogen-bond donors (Lipinski definition) is 1. The van der Waals surface area contributed by atoms with E-state index >= 15 is 0 Å². The molecule has 150 valence electrons. The summed E-state index contributed by atoms with van der Waals surface area (Å²) in [6, 6.07) is 13.5. The smallest absolute Gasteiger partial charge is 0.256 e. The number of hydrogen-bond acceptors (Lipinski definition) is 4. The Kier molecular flexibility index (Phi) is 5.83. The van der Waals surface area contributed by atoms with Gasteiger partial charge in [0.05, 0.1) is 11.8 Å². The third-order valence-electron chi connectivity index (χ3n) is 5.27. The predicted octanol–water partition coefficient (Wildman–Crippen LogP) is 4.95. The molecule has 2 aromatic carbocycles. The van der Waals surface area contributed by atoms with Crippen LogP contribution in [0.1, 0.15) is 34.3 Å². The maximum atomic E-state index is 13.0. The van der Waals surface area contributed by atoms with Crippen molar-refractivity contribution in [1.29, 1.82) is 0 Å². The zero-order chi connectivity index (χ0) is 20.4. The fraction of sp³-hybridized carbons (Fsp3) is 0.304. The van der Waals surface area contributed by atoms with Crippen LogP contribution in [0, 0.1) is 13.8 Å². The van der Waals surface area contributed by atoms with E-state index in [1.54, 1.807) is 0 Å². The van der Waals surface area contributed by atoms with Crippen molar-refractivity contribution < 1.29 is 13.9 Å². The number of rotatable bonds is 4. The van der Waals surface area contributed by atoms with Gasteiger partial charge < -0.3 is 14.5 Å². The molecule has 1 N–H and O–H groups in total. The van der Waals surface area contributed by atoms with E-state index in [0.29, 0.717) is 23.2 Å². The van der Waals surface area contributed by atoms with Crippen molar-refractivity contribution in [2.45, 2.75) is 32.8 Å². The summed E-state index contributed by atoms with van der Waals surface area (Å²) >= 11 is 3.48. The first-order valence-electron chi connectivity index (χ1n) is 9.75. The van der Waals surface area contributed by atoms with E-state index in [2.05, 4.69) is 21.2 Å². The van der Waals surface area contributed by atoms with Crippen molar-refractivity contribution in [3.8, 4) is 0 Å². The number of carbonyl (C=O) groups excluding carboxylic acids is 1. The summed E-state index contributed by atoms with van der Waals surface area (Å²) in [6.07, 6.45) is 2.08. The molecule has 1 unspecified atom stereocenters. The van der Waals surface area contributed by atoms with Gasteiger partial charge in [-0.3, -0.25) is 4.79 Å². The molecule has 4 rings (SSSR count). The number of nitrogens with one attached hydrogen (secondary N) is 1. The van der Waals surface area contributed by atoms with Gasteiger partial charge in [-0.05, 0) is 68.1 Å². The Morgan fingerprint density at radius 1 is 1.24 bits per heavy atom. The summed E-state index contributed by atoms with van der Waals surface area (Å²) in [5.41, 5.74) is 4.38. The number of ether oxygens (including phenoxy) is 1. The second-order valence-electron chi connectivity index (χ2n) is 7.32. The van der Waals surface area contributed by atoms with Gasteiger partial charge in [-0.15, -0.1) is 0 Å². The monoisotopic (exact) mass is 454 g/mol. The van der Waals surface area contributed by atoms with Crippen LogP contribution in [0.25, 0.3) is 11.0 Å². The Morgan fingerprint density at radius 2 is 2.10 bits per heavy atom. The molecule has 6 heteroatoms. The maximum Gasteiger partial charge on any atom is 0.256 e. The van der Waals surface area contributed by atoms with Crippen LogP contribution in [-0.4, -0.2) is 25.2 Å². The molecule has 3 aromatic rings. The first kappa shape index (κ1) is 19.9. The summed E-state index contributed by atoms with van der Waals surface area (Å²) in [5.74, 6) is -0.213. The quantitative estimate of drug-likeness (QED) is 0.606. The Balaban J connectivity index is 1.79. The van der Waals surface area contributed by atoms with Gasteiger partial charge in [-0.25, -0.2) is 4.99 Å². The molecule has 1 aliphatic rings. The molecule has 1 amide bonds. The first-order valence-corrected chi connectivity index (χ1v) is 10.5. The van der Waals surface area contributed by atoms with E-state index in [1.165, 1.54) is 0 Å². The molecule has 1 saturated heterocycles. The van der Waals surface area contributed by atoms with Crippen LogP contribution in [0.3, 0.4) is 0 Å². The highest BCUT2D eigenvalue weighted by Gasteiger charge is 2.18. The minimum atomic E-state index is -0.213. The lowest BCUT2D eigenvalue weighted by atomic mass is 10.1. The molecule has 29 heavy (non-hydrogen) atoms. The molecule has 0 bridgehead atoms. The van der Waals surface area contributed by atoms with E-state index in [1.807, 2.05) is 56.3 Å². The van der Waals surface area contributed by atoms with Crippen molar-refractivity contribution in [3.63, 3.8) is 0 Å². The summed E-state index contributed by atoms with van der Waals surface area (Å²) in [4.78, 5) is 17.7. The maximum absolute atomic E-state index is 13.0. The number of nitrogens with zero attached hydrogens (tertiary/aromatic N) is 1. The van der Waals surface area contributed by atoms with Crippen LogP contribution < -0.4 is 10.9 Å². The SMILES string of the molecule is Cc1cccc(N=c2oc3ccc(Br)cc3cc2C(=O)NCC2CCCO2)c1C. The summed E-state index contributed by atoms with van der Waals surface area (Å²) in [6.45, 7) is 5.30. The first-order chi connectivity index (χ1) is 14.0.